The van der Waals surface area contributed by atoms with Gasteiger partial charge in [0.25, 0.3) is 5.91 Å². The number of hydrogen-bond donors (Lipinski definition) is 2. The molecule has 1 aromatic rings. The van der Waals surface area contributed by atoms with Gasteiger partial charge in [-0.25, -0.2) is 4.39 Å². The van der Waals surface area contributed by atoms with Gasteiger partial charge in [-0.3, -0.25) is 9.59 Å². The van der Waals surface area contributed by atoms with E-state index >= 15 is 0 Å². The maximum atomic E-state index is 14.1. The first-order valence-electron chi connectivity index (χ1n) is 8.54. The second-order valence-electron chi connectivity index (χ2n) is 6.23. The first kappa shape index (κ1) is 19.2. The quantitative estimate of drug-likeness (QED) is 0.733. The minimum atomic E-state index is -0.619. The molecule has 0 atom stereocenters. The van der Waals surface area contributed by atoms with Crippen LogP contribution in [0.2, 0.25) is 0 Å². The molecule has 1 aliphatic carbocycles. The number of carbonyl (C=O) groups excluding carboxylic acids is 2. The van der Waals surface area contributed by atoms with Crippen molar-refractivity contribution in [3.63, 3.8) is 0 Å². The van der Waals surface area contributed by atoms with Gasteiger partial charge in [0, 0.05) is 25.6 Å². The first-order chi connectivity index (χ1) is 12.0. The highest BCUT2D eigenvalue weighted by Crippen LogP contribution is 2.30. The van der Waals surface area contributed by atoms with Crippen molar-refractivity contribution in [2.45, 2.75) is 38.2 Å². The predicted octanol–water partition coefficient (Wildman–Crippen LogP) is 2.01. The fourth-order valence-electron chi connectivity index (χ4n) is 3.00. The summed E-state index contributed by atoms with van der Waals surface area (Å²) in [5.41, 5.74) is 5.29. The number of ether oxygens (including phenoxy) is 2. The van der Waals surface area contributed by atoms with E-state index in [9.17, 15) is 14.0 Å². The molecule has 6 nitrogen and oxygen atoms in total. The number of hydrogen-bond acceptors (Lipinski definition) is 5. The SMILES string of the molecule is COC(=O)C[C@H]1CC[C@@H](Oc2ccc(C(=O)NCCN)c(F)c2)CC1. The van der Waals surface area contributed by atoms with Crippen LogP contribution in [0.25, 0.3) is 0 Å². The Bertz CT molecular complexity index is 601. The minimum absolute atomic E-state index is 0.00906. The van der Waals surface area contributed by atoms with E-state index in [1.54, 1.807) is 6.07 Å². The summed E-state index contributed by atoms with van der Waals surface area (Å²) >= 11 is 0. The van der Waals surface area contributed by atoms with E-state index in [1.807, 2.05) is 0 Å². The van der Waals surface area contributed by atoms with Crippen LogP contribution in [0.5, 0.6) is 5.75 Å². The molecule has 0 aromatic heterocycles. The van der Waals surface area contributed by atoms with Crippen molar-refractivity contribution in [2.24, 2.45) is 11.7 Å². The topological polar surface area (TPSA) is 90.6 Å². The van der Waals surface area contributed by atoms with E-state index in [0.717, 1.165) is 25.7 Å². The number of benzene rings is 1. The van der Waals surface area contributed by atoms with E-state index in [-0.39, 0.29) is 17.6 Å². The molecule has 138 valence electrons. The third-order valence-corrected chi connectivity index (χ3v) is 4.39. The van der Waals surface area contributed by atoms with Gasteiger partial charge in [-0.15, -0.1) is 0 Å². The van der Waals surface area contributed by atoms with Crippen LogP contribution in [0.4, 0.5) is 4.39 Å². The summed E-state index contributed by atoms with van der Waals surface area (Å²) in [7, 11) is 1.39. The lowest BCUT2D eigenvalue weighted by Crippen LogP contribution is -2.29. The molecular weight excluding hydrogens is 327 g/mol. The highest BCUT2D eigenvalue weighted by atomic mass is 19.1. The Kier molecular flexibility index (Phi) is 7.18. The lowest BCUT2D eigenvalue weighted by atomic mass is 9.85. The maximum Gasteiger partial charge on any atom is 0.305 e. The minimum Gasteiger partial charge on any atom is -0.490 e. The standard InChI is InChI=1S/C18H25FN2O4/c1-24-17(22)10-12-2-4-13(5-3-12)25-14-6-7-15(16(19)11-14)18(23)21-9-8-20/h6-7,11-13H,2-5,8-10,20H2,1H3,(H,21,23)/t12-,13+. The fraction of sp³-hybridized carbons (Fsp3) is 0.556. The molecule has 1 aromatic carbocycles. The fourth-order valence-corrected chi connectivity index (χ4v) is 3.00. The molecule has 3 N–H and O–H groups in total. The van der Waals surface area contributed by atoms with Gasteiger partial charge in [-0.05, 0) is 43.7 Å². The number of nitrogens with one attached hydrogen (secondary N) is 1. The van der Waals surface area contributed by atoms with Crippen molar-refractivity contribution in [3.05, 3.63) is 29.6 Å². The Hall–Kier alpha value is -2.15. The average molecular weight is 352 g/mol. The Morgan fingerprint density at radius 3 is 2.60 bits per heavy atom. The Morgan fingerprint density at radius 2 is 2.00 bits per heavy atom. The van der Waals surface area contributed by atoms with Crippen molar-refractivity contribution in [1.82, 2.24) is 5.32 Å². The smallest absolute Gasteiger partial charge is 0.305 e. The van der Waals surface area contributed by atoms with Gasteiger partial charge >= 0.3 is 5.97 Å². The molecule has 7 heteroatoms. The lowest BCUT2D eigenvalue weighted by molar-refractivity contribution is -0.142. The molecule has 0 unspecified atom stereocenters. The summed E-state index contributed by atoms with van der Waals surface area (Å²) in [4.78, 5) is 23.1. The number of methoxy groups -OCH3 is 1. The van der Waals surface area contributed by atoms with Crippen LogP contribution in [0.15, 0.2) is 18.2 Å². The molecule has 0 heterocycles. The molecule has 2 rings (SSSR count). The first-order valence-corrected chi connectivity index (χ1v) is 8.54. The predicted molar refractivity (Wildman–Crippen MR) is 90.8 cm³/mol. The molecule has 1 amide bonds. The highest BCUT2D eigenvalue weighted by Gasteiger charge is 2.25. The second-order valence-corrected chi connectivity index (χ2v) is 6.23. The highest BCUT2D eigenvalue weighted by molar-refractivity contribution is 5.94. The Balaban J connectivity index is 1.86. The van der Waals surface area contributed by atoms with Gasteiger partial charge in [0.2, 0.25) is 0 Å². The van der Waals surface area contributed by atoms with Crippen molar-refractivity contribution in [2.75, 3.05) is 20.2 Å². The summed E-state index contributed by atoms with van der Waals surface area (Å²) < 4.78 is 24.6. The van der Waals surface area contributed by atoms with Gasteiger partial charge in [-0.1, -0.05) is 0 Å². The van der Waals surface area contributed by atoms with Crippen LogP contribution in [0.3, 0.4) is 0 Å². The van der Waals surface area contributed by atoms with E-state index < -0.39 is 11.7 Å². The summed E-state index contributed by atoms with van der Waals surface area (Å²) in [6.45, 7) is 0.596. The molecule has 0 saturated heterocycles. The molecule has 0 bridgehead atoms. The summed E-state index contributed by atoms with van der Waals surface area (Å²) in [6.07, 6.45) is 3.79. The van der Waals surface area contributed by atoms with Crippen LogP contribution in [0.1, 0.15) is 42.5 Å². The van der Waals surface area contributed by atoms with Crippen LogP contribution in [-0.4, -0.2) is 38.2 Å². The molecule has 1 fully saturated rings. The second kappa shape index (κ2) is 9.36. The van der Waals surface area contributed by atoms with Crippen LogP contribution in [0, 0.1) is 11.7 Å². The molecular formula is C18H25FN2O4. The monoisotopic (exact) mass is 352 g/mol. The average Bonchev–Trinajstić information content (AvgIpc) is 2.61. The number of nitrogens with two attached hydrogens (primary N) is 1. The number of rotatable bonds is 7. The van der Waals surface area contributed by atoms with E-state index in [4.69, 9.17) is 15.2 Å². The summed E-state index contributed by atoms with van der Waals surface area (Å²) in [6, 6.07) is 4.25. The summed E-state index contributed by atoms with van der Waals surface area (Å²) in [5, 5.41) is 2.53. The van der Waals surface area contributed by atoms with Crippen molar-refractivity contribution < 1.29 is 23.5 Å². The number of esters is 1. The number of carbonyl (C=O) groups is 2. The molecule has 1 saturated carbocycles. The van der Waals surface area contributed by atoms with Crippen LogP contribution in [-0.2, 0) is 9.53 Å². The van der Waals surface area contributed by atoms with Gasteiger partial charge in [0.15, 0.2) is 0 Å². The van der Waals surface area contributed by atoms with E-state index in [2.05, 4.69) is 5.32 Å². The molecule has 0 aliphatic heterocycles. The molecule has 1 aliphatic rings. The van der Waals surface area contributed by atoms with Crippen LogP contribution >= 0.6 is 0 Å². The zero-order valence-electron chi connectivity index (χ0n) is 14.4. The molecule has 25 heavy (non-hydrogen) atoms. The van der Waals surface area contributed by atoms with Gasteiger partial charge in [0.1, 0.15) is 11.6 Å². The van der Waals surface area contributed by atoms with Crippen molar-refractivity contribution in [1.29, 1.82) is 0 Å². The zero-order valence-corrected chi connectivity index (χ0v) is 14.4. The lowest BCUT2D eigenvalue weighted by Gasteiger charge is -2.28. The normalized spacial score (nSPS) is 20.0. The van der Waals surface area contributed by atoms with E-state index in [0.29, 0.717) is 31.2 Å². The van der Waals surface area contributed by atoms with E-state index in [1.165, 1.54) is 19.2 Å². The van der Waals surface area contributed by atoms with Crippen molar-refractivity contribution >= 4 is 11.9 Å². The number of amides is 1. The van der Waals surface area contributed by atoms with Gasteiger partial charge in [-0.2, -0.15) is 0 Å². The number of halogens is 1. The van der Waals surface area contributed by atoms with Gasteiger partial charge < -0.3 is 20.5 Å². The van der Waals surface area contributed by atoms with Crippen LogP contribution < -0.4 is 15.8 Å². The maximum absolute atomic E-state index is 14.1. The van der Waals surface area contributed by atoms with Gasteiger partial charge in [0.05, 0.1) is 18.8 Å². The summed E-state index contributed by atoms with van der Waals surface area (Å²) in [5.74, 6) is -0.568. The third kappa shape index (κ3) is 5.70. The molecule has 0 spiro atoms. The Labute approximate surface area is 146 Å². The zero-order chi connectivity index (χ0) is 18.2. The molecule has 0 radical (unpaired) electrons. The van der Waals surface area contributed by atoms with Crippen molar-refractivity contribution in [3.8, 4) is 5.75 Å². The largest absolute Gasteiger partial charge is 0.490 e. The Morgan fingerprint density at radius 1 is 1.28 bits per heavy atom. The third-order valence-electron chi connectivity index (χ3n) is 4.39.